The first-order valence-corrected chi connectivity index (χ1v) is 20.8. The van der Waals surface area contributed by atoms with E-state index in [2.05, 4.69) is 39.0 Å². The van der Waals surface area contributed by atoms with Gasteiger partial charge >= 0.3 is 206 Å². The van der Waals surface area contributed by atoms with E-state index in [1.807, 2.05) is 24.3 Å². The van der Waals surface area contributed by atoms with Gasteiger partial charge in [0, 0.05) is 0 Å². The molecule has 34 heavy (non-hydrogen) atoms. The van der Waals surface area contributed by atoms with Crippen LogP contribution in [0, 0.1) is 0 Å². The van der Waals surface area contributed by atoms with Gasteiger partial charge in [-0.25, -0.2) is 0 Å². The normalized spacial score (nSPS) is 16.0. The van der Waals surface area contributed by atoms with Crippen molar-refractivity contribution in [1.29, 1.82) is 0 Å². The second-order valence-electron chi connectivity index (χ2n) is 9.88. The van der Waals surface area contributed by atoms with Crippen LogP contribution in [0.5, 0.6) is 5.75 Å². The van der Waals surface area contributed by atoms with E-state index in [4.69, 9.17) is 15.2 Å². The Morgan fingerprint density at radius 3 is 2.09 bits per heavy atom. The Bertz CT molecular complexity index is 890. The third-order valence-electron chi connectivity index (χ3n) is 7.31. The summed E-state index contributed by atoms with van der Waals surface area (Å²) in [5.74, 6) is 0.703. The van der Waals surface area contributed by atoms with Crippen LogP contribution in [0.2, 0.25) is 13.3 Å². The molecule has 5 heteroatoms. The monoisotopic (exact) mass is 573 g/mol. The zero-order valence-corrected chi connectivity index (χ0v) is 24.3. The summed E-state index contributed by atoms with van der Waals surface area (Å²) in [6, 6.07) is 14.8. The minimum absolute atomic E-state index is 0.112. The molecule has 2 aromatic carbocycles. The van der Waals surface area contributed by atoms with Crippen LogP contribution in [-0.2, 0) is 16.1 Å². The number of rotatable bonds is 14. The van der Waals surface area contributed by atoms with Crippen molar-refractivity contribution in [1.82, 2.24) is 0 Å². The number of carbonyl (C=O) groups excluding carboxylic acids is 1. The molecule has 0 bridgehead atoms. The SMILES string of the molecule is CCC[CH2][Sn]([CH2]CCC)([CH2]CCC)[c]1ccc(N)c(COc2ccc(C3CCC(=O)O3)cc2)c1. The predicted octanol–water partition coefficient (Wildman–Crippen LogP) is 7.28. The quantitative estimate of drug-likeness (QED) is 0.147. The zero-order valence-electron chi connectivity index (χ0n) is 21.4. The molecule has 3 rings (SSSR count). The molecular weight excluding hydrogens is 529 g/mol. The fraction of sp³-hybridized carbons (Fsp3) is 0.552. The number of hydrogen-bond donors (Lipinski definition) is 1. The number of carbonyl (C=O) groups is 1. The summed E-state index contributed by atoms with van der Waals surface area (Å²) < 4.78 is 17.5. The van der Waals surface area contributed by atoms with Crippen LogP contribution in [-0.4, -0.2) is 24.3 Å². The van der Waals surface area contributed by atoms with Crippen molar-refractivity contribution in [3.8, 4) is 5.75 Å². The molecule has 0 aromatic heterocycles. The number of cyclic esters (lactones) is 1. The van der Waals surface area contributed by atoms with Gasteiger partial charge in [-0.2, -0.15) is 0 Å². The summed E-state index contributed by atoms with van der Waals surface area (Å²) in [6.07, 6.45) is 9.01. The summed E-state index contributed by atoms with van der Waals surface area (Å²) >= 11 is -2.50. The van der Waals surface area contributed by atoms with Crippen LogP contribution in [0.25, 0.3) is 0 Å². The van der Waals surface area contributed by atoms with Gasteiger partial charge < -0.3 is 0 Å². The molecule has 1 atom stereocenters. The van der Waals surface area contributed by atoms with E-state index in [1.54, 1.807) is 3.58 Å². The average Bonchev–Trinajstić information content (AvgIpc) is 3.30. The summed E-state index contributed by atoms with van der Waals surface area (Å²) in [4.78, 5) is 11.4. The van der Waals surface area contributed by atoms with E-state index in [0.717, 1.165) is 29.0 Å². The molecule has 0 amide bonds. The number of hydrogen-bond acceptors (Lipinski definition) is 4. The molecule has 0 aliphatic carbocycles. The number of nitrogens with two attached hydrogens (primary N) is 1. The minimum atomic E-state index is -2.50. The van der Waals surface area contributed by atoms with Crippen molar-refractivity contribution in [2.75, 3.05) is 5.73 Å². The summed E-state index contributed by atoms with van der Waals surface area (Å²) in [5.41, 5.74) is 9.37. The second kappa shape index (κ2) is 13.4. The molecule has 1 aliphatic heterocycles. The third kappa shape index (κ3) is 7.16. The van der Waals surface area contributed by atoms with Crippen LogP contribution in [0.1, 0.15) is 89.4 Å². The Morgan fingerprint density at radius 2 is 1.56 bits per heavy atom. The van der Waals surface area contributed by atoms with Crippen LogP contribution in [0.15, 0.2) is 42.5 Å². The number of unbranched alkanes of at least 4 members (excludes halogenated alkanes) is 3. The molecule has 1 aliphatic rings. The molecule has 1 unspecified atom stereocenters. The number of ether oxygens (including phenoxy) is 2. The number of nitrogen functional groups attached to an aromatic ring is 1. The van der Waals surface area contributed by atoms with E-state index in [-0.39, 0.29) is 12.1 Å². The Labute approximate surface area is 210 Å². The van der Waals surface area contributed by atoms with Gasteiger partial charge in [0.2, 0.25) is 0 Å². The molecule has 0 spiro atoms. The first-order chi connectivity index (χ1) is 16.5. The van der Waals surface area contributed by atoms with Crippen molar-refractivity contribution >= 4 is 33.6 Å². The van der Waals surface area contributed by atoms with Gasteiger partial charge in [0.15, 0.2) is 0 Å². The molecule has 186 valence electrons. The van der Waals surface area contributed by atoms with Crippen molar-refractivity contribution in [3.05, 3.63) is 53.6 Å². The van der Waals surface area contributed by atoms with Gasteiger partial charge in [0.25, 0.3) is 0 Å². The van der Waals surface area contributed by atoms with E-state index >= 15 is 0 Å². The molecule has 0 radical (unpaired) electrons. The van der Waals surface area contributed by atoms with Gasteiger partial charge in [-0.15, -0.1) is 0 Å². The van der Waals surface area contributed by atoms with Crippen LogP contribution < -0.4 is 14.0 Å². The Balaban J connectivity index is 1.75. The molecule has 2 N–H and O–H groups in total. The zero-order chi connectivity index (χ0) is 24.4. The second-order valence-corrected chi connectivity index (χ2v) is 23.1. The topological polar surface area (TPSA) is 61.5 Å². The maximum absolute atomic E-state index is 11.4. The molecule has 0 saturated carbocycles. The summed E-state index contributed by atoms with van der Waals surface area (Å²) in [7, 11) is 0. The van der Waals surface area contributed by atoms with Crippen LogP contribution in [0.4, 0.5) is 5.69 Å². The van der Waals surface area contributed by atoms with Gasteiger partial charge in [0.1, 0.15) is 0 Å². The Kier molecular flexibility index (Phi) is 10.6. The summed E-state index contributed by atoms with van der Waals surface area (Å²) in [5, 5.41) is 0. The molecule has 4 nitrogen and oxygen atoms in total. The standard InChI is InChI=1S/C17H16NO3.3C4H9.Sn/c18-15-4-2-1-3-13(15)11-20-14-7-5-12(6-8-14)16-9-10-17(19)21-16;3*1-3-4-2;/h2-8,16H,9-11,18H2;3*1,3-4H2,2H3;. The van der Waals surface area contributed by atoms with E-state index < -0.39 is 18.4 Å². The van der Waals surface area contributed by atoms with E-state index in [1.165, 1.54) is 51.8 Å². The Hall–Kier alpha value is -1.69. The van der Waals surface area contributed by atoms with E-state index in [0.29, 0.717) is 13.0 Å². The maximum atomic E-state index is 11.4. The fourth-order valence-corrected chi connectivity index (χ4v) is 21.2. The van der Waals surface area contributed by atoms with Gasteiger partial charge in [0.05, 0.1) is 0 Å². The summed E-state index contributed by atoms with van der Waals surface area (Å²) in [6.45, 7) is 7.44. The van der Waals surface area contributed by atoms with Crippen molar-refractivity contribution < 1.29 is 14.3 Å². The first kappa shape index (κ1) is 26.9. The van der Waals surface area contributed by atoms with Gasteiger partial charge in [-0.3, -0.25) is 4.79 Å². The molecule has 1 fully saturated rings. The van der Waals surface area contributed by atoms with Gasteiger partial charge in [-0.1, -0.05) is 0 Å². The van der Waals surface area contributed by atoms with Crippen molar-refractivity contribution in [2.45, 2.75) is 98.2 Å². The average molecular weight is 572 g/mol. The van der Waals surface area contributed by atoms with E-state index in [9.17, 15) is 4.79 Å². The number of benzene rings is 2. The van der Waals surface area contributed by atoms with Crippen LogP contribution >= 0.6 is 0 Å². The number of esters is 1. The first-order valence-electron chi connectivity index (χ1n) is 13.3. The predicted molar refractivity (Wildman–Crippen MR) is 144 cm³/mol. The van der Waals surface area contributed by atoms with Crippen LogP contribution in [0.3, 0.4) is 0 Å². The van der Waals surface area contributed by atoms with Crippen molar-refractivity contribution in [3.63, 3.8) is 0 Å². The molecular formula is C29H43NO3Sn. The molecule has 1 heterocycles. The number of anilines is 1. The third-order valence-corrected chi connectivity index (χ3v) is 22.9. The van der Waals surface area contributed by atoms with Crippen molar-refractivity contribution in [2.24, 2.45) is 0 Å². The fourth-order valence-electron chi connectivity index (χ4n) is 5.11. The molecule has 2 aromatic rings. The Morgan fingerprint density at radius 1 is 0.941 bits per heavy atom. The van der Waals surface area contributed by atoms with Gasteiger partial charge in [-0.05, 0) is 0 Å². The molecule has 1 saturated heterocycles.